The zero-order chi connectivity index (χ0) is 14.8. The van der Waals surface area contributed by atoms with Gasteiger partial charge < -0.3 is 25.4 Å². The normalized spacial score (nSPS) is 20.1. The summed E-state index contributed by atoms with van der Waals surface area (Å²) in [6, 6.07) is 0.194. The molecule has 0 aromatic carbocycles. The summed E-state index contributed by atoms with van der Waals surface area (Å²) in [4.78, 5) is 6.89. The van der Waals surface area contributed by atoms with Crippen molar-refractivity contribution in [2.75, 3.05) is 53.6 Å². The minimum Gasteiger partial charge on any atom is -0.383 e. The van der Waals surface area contributed by atoms with Crippen LogP contribution in [-0.2, 0) is 9.47 Å². The Hall–Kier alpha value is -0.850. The second-order valence-electron chi connectivity index (χ2n) is 5.50. The van der Waals surface area contributed by atoms with Gasteiger partial charge in [-0.05, 0) is 38.8 Å². The number of likely N-dealkylation sites (tertiary alicyclic amines) is 1. The molecule has 0 bridgehead atoms. The van der Waals surface area contributed by atoms with Gasteiger partial charge in [0.25, 0.3) is 0 Å². The van der Waals surface area contributed by atoms with E-state index >= 15 is 0 Å². The van der Waals surface area contributed by atoms with Crippen LogP contribution in [0.3, 0.4) is 0 Å². The molecular formula is C14H30N4O2. The lowest BCUT2D eigenvalue weighted by Gasteiger charge is -2.31. The Bertz CT molecular complexity index is 278. The van der Waals surface area contributed by atoms with Crippen LogP contribution in [-0.4, -0.2) is 70.5 Å². The number of guanidine groups is 1. The summed E-state index contributed by atoms with van der Waals surface area (Å²) in [5.74, 6) is 1.17. The molecule has 1 fully saturated rings. The van der Waals surface area contributed by atoms with Crippen molar-refractivity contribution in [2.24, 2.45) is 16.6 Å². The van der Waals surface area contributed by atoms with Gasteiger partial charge in [-0.3, -0.25) is 4.99 Å². The number of nitrogens with one attached hydrogen (secondary N) is 1. The number of methoxy groups -OCH3 is 2. The van der Waals surface area contributed by atoms with Gasteiger partial charge in [-0.1, -0.05) is 0 Å². The number of piperidine rings is 1. The predicted molar refractivity (Wildman–Crippen MR) is 82.0 cm³/mol. The number of ether oxygens (including phenoxy) is 2. The minimum atomic E-state index is 0.194. The first kappa shape index (κ1) is 17.2. The van der Waals surface area contributed by atoms with Crippen LogP contribution in [0.15, 0.2) is 4.99 Å². The van der Waals surface area contributed by atoms with E-state index in [9.17, 15) is 0 Å². The summed E-state index contributed by atoms with van der Waals surface area (Å²) in [6.45, 7) is 7.60. The molecule has 3 N–H and O–H groups in total. The van der Waals surface area contributed by atoms with E-state index in [1.54, 1.807) is 14.2 Å². The molecule has 1 saturated heterocycles. The van der Waals surface area contributed by atoms with Crippen molar-refractivity contribution in [3.63, 3.8) is 0 Å². The molecule has 1 aliphatic heterocycles. The lowest BCUT2D eigenvalue weighted by molar-refractivity contribution is 0.121. The van der Waals surface area contributed by atoms with Crippen LogP contribution in [0, 0.1) is 5.92 Å². The molecule has 0 aliphatic carbocycles. The van der Waals surface area contributed by atoms with E-state index in [-0.39, 0.29) is 6.04 Å². The Labute approximate surface area is 122 Å². The maximum Gasteiger partial charge on any atom is 0.188 e. The highest BCUT2D eigenvalue weighted by atomic mass is 16.5. The number of nitrogens with zero attached hydrogens (tertiary/aromatic N) is 2. The van der Waals surface area contributed by atoms with E-state index in [1.807, 2.05) is 6.92 Å². The summed E-state index contributed by atoms with van der Waals surface area (Å²) in [7, 11) is 3.44. The van der Waals surface area contributed by atoms with Crippen LogP contribution in [0.5, 0.6) is 0 Å². The number of hydrogen-bond donors (Lipinski definition) is 2. The molecule has 118 valence electrons. The topological polar surface area (TPSA) is 72.1 Å². The first-order valence-electron chi connectivity index (χ1n) is 7.42. The van der Waals surface area contributed by atoms with Crippen molar-refractivity contribution in [2.45, 2.75) is 25.8 Å². The average Bonchev–Trinajstić information content (AvgIpc) is 2.44. The Morgan fingerprint density at radius 2 is 2.05 bits per heavy atom. The fraction of sp³-hybridized carbons (Fsp3) is 0.929. The predicted octanol–water partition coefficient (Wildman–Crippen LogP) is 0.284. The molecule has 1 aliphatic rings. The monoisotopic (exact) mass is 286 g/mol. The van der Waals surface area contributed by atoms with E-state index in [0.29, 0.717) is 18.5 Å². The van der Waals surface area contributed by atoms with E-state index in [0.717, 1.165) is 32.8 Å². The molecule has 0 aromatic rings. The smallest absolute Gasteiger partial charge is 0.188 e. The van der Waals surface area contributed by atoms with Crippen LogP contribution >= 0.6 is 0 Å². The number of hydrogen-bond acceptors (Lipinski definition) is 4. The SMILES string of the molecule is COCCN1CCC(CN=C(N)NC(C)COC)CC1. The molecule has 6 nitrogen and oxygen atoms in total. The van der Waals surface area contributed by atoms with Gasteiger partial charge in [0.05, 0.1) is 13.2 Å². The zero-order valence-corrected chi connectivity index (χ0v) is 13.1. The lowest BCUT2D eigenvalue weighted by atomic mass is 9.97. The third-order valence-corrected chi connectivity index (χ3v) is 3.65. The summed E-state index contributed by atoms with van der Waals surface area (Å²) < 4.78 is 10.2. The fourth-order valence-corrected chi connectivity index (χ4v) is 2.43. The van der Waals surface area contributed by atoms with Gasteiger partial charge in [0.2, 0.25) is 0 Å². The highest BCUT2D eigenvalue weighted by Crippen LogP contribution is 2.17. The van der Waals surface area contributed by atoms with Crippen molar-refractivity contribution in [3.8, 4) is 0 Å². The molecule has 0 radical (unpaired) electrons. The first-order valence-corrected chi connectivity index (χ1v) is 7.42. The number of aliphatic imine (C=N–C) groups is 1. The second kappa shape index (κ2) is 9.96. The van der Waals surface area contributed by atoms with Gasteiger partial charge in [-0.2, -0.15) is 0 Å². The molecule has 0 aromatic heterocycles. The Morgan fingerprint density at radius 1 is 1.35 bits per heavy atom. The number of rotatable bonds is 8. The zero-order valence-electron chi connectivity index (χ0n) is 13.1. The summed E-state index contributed by atoms with van der Waals surface area (Å²) >= 11 is 0. The van der Waals surface area contributed by atoms with Gasteiger partial charge in [0.15, 0.2) is 5.96 Å². The third-order valence-electron chi connectivity index (χ3n) is 3.65. The summed E-state index contributed by atoms with van der Waals surface area (Å²) in [5, 5.41) is 3.13. The molecule has 1 atom stereocenters. The van der Waals surface area contributed by atoms with Gasteiger partial charge in [-0.25, -0.2) is 0 Å². The van der Waals surface area contributed by atoms with E-state index in [1.165, 1.54) is 12.8 Å². The highest BCUT2D eigenvalue weighted by Gasteiger charge is 2.18. The van der Waals surface area contributed by atoms with E-state index in [2.05, 4.69) is 15.2 Å². The molecule has 0 spiro atoms. The highest BCUT2D eigenvalue weighted by molar-refractivity contribution is 5.78. The van der Waals surface area contributed by atoms with Crippen molar-refractivity contribution < 1.29 is 9.47 Å². The Balaban J connectivity index is 2.19. The minimum absolute atomic E-state index is 0.194. The average molecular weight is 286 g/mol. The largest absolute Gasteiger partial charge is 0.383 e. The molecule has 6 heteroatoms. The summed E-state index contributed by atoms with van der Waals surface area (Å²) in [6.07, 6.45) is 2.38. The van der Waals surface area contributed by atoms with Crippen molar-refractivity contribution in [1.82, 2.24) is 10.2 Å². The number of nitrogens with two attached hydrogens (primary N) is 1. The van der Waals surface area contributed by atoms with Gasteiger partial charge >= 0.3 is 0 Å². The molecule has 0 saturated carbocycles. The van der Waals surface area contributed by atoms with Crippen LogP contribution in [0.25, 0.3) is 0 Å². The third kappa shape index (κ3) is 7.07. The molecular weight excluding hydrogens is 256 g/mol. The van der Waals surface area contributed by atoms with Crippen LogP contribution in [0.2, 0.25) is 0 Å². The standard InChI is InChI=1S/C14H30N4O2/c1-12(11-20-3)17-14(15)16-10-13-4-6-18(7-5-13)8-9-19-2/h12-13H,4-11H2,1-3H3,(H3,15,16,17). The molecule has 1 rings (SSSR count). The quantitative estimate of drug-likeness (QED) is 0.495. The van der Waals surface area contributed by atoms with Crippen LogP contribution in [0.1, 0.15) is 19.8 Å². The second-order valence-corrected chi connectivity index (χ2v) is 5.50. The Morgan fingerprint density at radius 3 is 2.65 bits per heavy atom. The van der Waals surface area contributed by atoms with Gasteiger partial charge in [0.1, 0.15) is 0 Å². The van der Waals surface area contributed by atoms with Crippen LogP contribution in [0.4, 0.5) is 0 Å². The molecule has 20 heavy (non-hydrogen) atoms. The Kier molecular flexibility index (Phi) is 8.57. The fourth-order valence-electron chi connectivity index (χ4n) is 2.43. The maximum atomic E-state index is 5.87. The maximum absolute atomic E-state index is 5.87. The molecule has 1 heterocycles. The van der Waals surface area contributed by atoms with E-state index < -0.39 is 0 Å². The van der Waals surface area contributed by atoms with Gasteiger partial charge in [0, 0.05) is 33.4 Å². The van der Waals surface area contributed by atoms with Crippen molar-refractivity contribution >= 4 is 5.96 Å². The van der Waals surface area contributed by atoms with Gasteiger partial charge in [-0.15, -0.1) is 0 Å². The van der Waals surface area contributed by atoms with Crippen molar-refractivity contribution in [3.05, 3.63) is 0 Å². The summed E-state index contributed by atoms with van der Waals surface area (Å²) in [5.41, 5.74) is 5.87. The first-order chi connectivity index (χ1) is 9.65. The molecule has 1 unspecified atom stereocenters. The van der Waals surface area contributed by atoms with Crippen molar-refractivity contribution in [1.29, 1.82) is 0 Å². The molecule has 0 amide bonds. The van der Waals surface area contributed by atoms with E-state index in [4.69, 9.17) is 15.2 Å². The van der Waals surface area contributed by atoms with Crippen LogP contribution < -0.4 is 11.1 Å². The lowest BCUT2D eigenvalue weighted by Crippen LogP contribution is -2.41.